The van der Waals surface area contributed by atoms with Gasteiger partial charge in [0.25, 0.3) is 5.56 Å². The predicted molar refractivity (Wildman–Crippen MR) is 120 cm³/mol. The number of nitrogens with one attached hydrogen (secondary N) is 1. The number of methoxy groups -OCH3 is 1. The number of fused-ring (bicyclic) bond motifs is 1. The molecule has 4 rings (SSSR count). The highest BCUT2D eigenvalue weighted by Gasteiger charge is 2.33. The number of halogens is 1. The Morgan fingerprint density at radius 2 is 2.00 bits per heavy atom. The van der Waals surface area contributed by atoms with E-state index in [1.54, 1.807) is 17.7 Å². The van der Waals surface area contributed by atoms with Gasteiger partial charge in [0.15, 0.2) is 5.16 Å². The fraction of sp³-hybridized carbons (Fsp3) is 0.227. The molecular formula is C22H20ClN3O4S. The van der Waals surface area contributed by atoms with Crippen molar-refractivity contribution in [2.75, 3.05) is 12.4 Å². The normalized spacial score (nSPS) is 15.3. The number of phenolic OH excluding ortho intramolecular Hbond substituents is 1. The third kappa shape index (κ3) is 4.26. The number of phenols is 1. The summed E-state index contributed by atoms with van der Waals surface area (Å²) in [4.78, 5) is 29.9. The van der Waals surface area contributed by atoms with Crippen molar-refractivity contribution in [3.05, 3.63) is 74.5 Å². The molecule has 1 aliphatic heterocycles. The van der Waals surface area contributed by atoms with Gasteiger partial charge >= 0.3 is 0 Å². The van der Waals surface area contributed by atoms with E-state index in [0.29, 0.717) is 38.6 Å². The Kier molecular flexibility index (Phi) is 5.93. The highest BCUT2D eigenvalue weighted by atomic mass is 35.5. The van der Waals surface area contributed by atoms with Gasteiger partial charge in [-0.3, -0.25) is 9.59 Å². The zero-order valence-corrected chi connectivity index (χ0v) is 18.5. The van der Waals surface area contributed by atoms with Crippen molar-refractivity contribution >= 4 is 35.1 Å². The van der Waals surface area contributed by atoms with Gasteiger partial charge in [0.05, 0.1) is 12.7 Å². The van der Waals surface area contributed by atoms with E-state index in [-0.39, 0.29) is 18.1 Å². The van der Waals surface area contributed by atoms with Crippen LogP contribution in [0.15, 0.2) is 52.4 Å². The number of hydrogen-bond acceptors (Lipinski definition) is 6. The lowest BCUT2D eigenvalue weighted by molar-refractivity contribution is -0.116. The van der Waals surface area contributed by atoms with E-state index in [0.717, 1.165) is 5.56 Å². The number of ether oxygens (including phenoxy) is 1. The second-order valence-corrected chi connectivity index (χ2v) is 8.55. The van der Waals surface area contributed by atoms with Crippen molar-refractivity contribution in [1.82, 2.24) is 9.55 Å². The monoisotopic (exact) mass is 457 g/mol. The number of thioether (sulfide) groups is 1. The van der Waals surface area contributed by atoms with Crippen LogP contribution in [0, 0.1) is 0 Å². The van der Waals surface area contributed by atoms with E-state index in [1.165, 1.54) is 31.0 Å². The third-order valence-electron chi connectivity index (χ3n) is 5.17. The van der Waals surface area contributed by atoms with Crippen LogP contribution >= 0.6 is 23.4 Å². The summed E-state index contributed by atoms with van der Waals surface area (Å²) in [7, 11) is 3.25. The van der Waals surface area contributed by atoms with Crippen molar-refractivity contribution < 1.29 is 14.6 Å². The number of anilines is 1. The molecule has 2 heterocycles. The Hall–Kier alpha value is -2.97. The van der Waals surface area contributed by atoms with Crippen LogP contribution in [0.25, 0.3) is 0 Å². The van der Waals surface area contributed by atoms with E-state index >= 15 is 0 Å². The summed E-state index contributed by atoms with van der Waals surface area (Å²) in [5.74, 6) is 0.743. The fourth-order valence-electron chi connectivity index (χ4n) is 3.65. The summed E-state index contributed by atoms with van der Waals surface area (Å²) >= 11 is 7.34. The van der Waals surface area contributed by atoms with Crippen LogP contribution in [0.1, 0.15) is 29.0 Å². The lowest BCUT2D eigenvalue weighted by Crippen LogP contribution is -2.33. The summed E-state index contributed by atoms with van der Waals surface area (Å²) in [6.07, 6.45) is 0.0856. The van der Waals surface area contributed by atoms with Gasteiger partial charge in [-0.15, -0.1) is 0 Å². The molecule has 0 bridgehead atoms. The van der Waals surface area contributed by atoms with Crippen molar-refractivity contribution in [3.63, 3.8) is 0 Å². The second-order valence-electron chi connectivity index (χ2n) is 7.17. The van der Waals surface area contributed by atoms with Crippen LogP contribution in [0.3, 0.4) is 0 Å². The summed E-state index contributed by atoms with van der Waals surface area (Å²) in [6, 6.07) is 12.1. The zero-order valence-electron chi connectivity index (χ0n) is 16.9. The number of benzene rings is 2. The number of carbonyl (C=O) groups is 1. The second kappa shape index (κ2) is 8.64. The number of aromatic nitrogens is 2. The molecule has 1 amide bonds. The fourth-order valence-corrected chi connectivity index (χ4v) is 4.69. The zero-order chi connectivity index (χ0) is 22.1. The smallest absolute Gasteiger partial charge is 0.279 e. The molecule has 0 saturated heterocycles. The maximum atomic E-state index is 13.1. The van der Waals surface area contributed by atoms with E-state index in [4.69, 9.17) is 16.3 Å². The molecular weight excluding hydrogens is 438 g/mol. The van der Waals surface area contributed by atoms with Crippen molar-refractivity contribution in [3.8, 4) is 11.5 Å². The number of nitrogens with zero attached hydrogens (tertiary/aromatic N) is 2. The molecule has 3 aromatic rings. The van der Waals surface area contributed by atoms with E-state index in [9.17, 15) is 14.7 Å². The highest BCUT2D eigenvalue weighted by molar-refractivity contribution is 7.98. The number of amides is 1. The minimum absolute atomic E-state index is 0.0426. The SMILES string of the molecule is COc1cc(O)ccc1[C@H]1CC(=O)Nc2c1c(=O)nc(SCc1ccc(Cl)cc1)n2C. The lowest BCUT2D eigenvalue weighted by Gasteiger charge is -2.28. The van der Waals surface area contributed by atoms with E-state index < -0.39 is 11.5 Å². The minimum atomic E-state index is -0.527. The molecule has 0 unspecified atom stereocenters. The standard InChI is InChI=1S/C22H20ClN3O4S/c1-26-20-19(21(29)25-22(26)31-11-12-3-5-13(23)6-4-12)16(10-18(28)24-20)15-8-7-14(27)9-17(15)30-2/h3-9,16,27H,10-11H2,1-2H3,(H,24,28)/t16-/m1/s1. The number of rotatable bonds is 5. The Bertz CT molecular complexity index is 1210. The molecule has 31 heavy (non-hydrogen) atoms. The molecule has 2 N–H and O–H groups in total. The van der Waals surface area contributed by atoms with Crippen molar-refractivity contribution in [2.45, 2.75) is 23.2 Å². The number of carbonyl (C=O) groups excluding carboxylic acids is 1. The van der Waals surface area contributed by atoms with Gasteiger partial charge in [0.2, 0.25) is 5.91 Å². The van der Waals surface area contributed by atoms with Crippen LogP contribution in [-0.4, -0.2) is 27.7 Å². The number of aromatic hydroxyl groups is 1. The maximum Gasteiger partial charge on any atom is 0.279 e. The minimum Gasteiger partial charge on any atom is -0.508 e. The molecule has 0 saturated carbocycles. The lowest BCUT2D eigenvalue weighted by atomic mass is 9.86. The molecule has 0 fully saturated rings. The molecule has 1 aromatic heterocycles. The van der Waals surface area contributed by atoms with Gasteiger partial charge in [-0.1, -0.05) is 41.6 Å². The molecule has 0 radical (unpaired) electrons. The number of hydrogen-bond donors (Lipinski definition) is 2. The van der Waals surface area contributed by atoms with Gasteiger partial charge in [-0.2, -0.15) is 4.98 Å². The quantitative estimate of drug-likeness (QED) is 0.445. The molecule has 160 valence electrons. The first-order chi connectivity index (χ1) is 14.9. The molecule has 0 spiro atoms. The topological polar surface area (TPSA) is 93.4 Å². The Labute approximate surface area is 188 Å². The molecule has 0 aliphatic carbocycles. The van der Waals surface area contributed by atoms with Crippen molar-refractivity contribution in [2.24, 2.45) is 7.05 Å². The maximum absolute atomic E-state index is 13.1. The third-order valence-corrected chi connectivity index (χ3v) is 6.53. The highest BCUT2D eigenvalue weighted by Crippen LogP contribution is 2.40. The molecule has 1 atom stereocenters. The van der Waals surface area contributed by atoms with Gasteiger partial charge in [0.1, 0.15) is 17.3 Å². The summed E-state index contributed by atoms with van der Waals surface area (Å²) < 4.78 is 7.12. The Morgan fingerprint density at radius 1 is 1.26 bits per heavy atom. The molecule has 9 heteroatoms. The van der Waals surface area contributed by atoms with Crippen LogP contribution in [0.4, 0.5) is 5.82 Å². The predicted octanol–water partition coefficient (Wildman–Crippen LogP) is 3.91. The van der Waals surface area contributed by atoms with Crippen LogP contribution in [-0.2, 0) is 17.6 Å². The van der Waals surface area contributed by atoms with Crippen LogP contribution in [0.2, 0.25) is 5.02 Å². The first-order valence-corrected chi connectivity index (χ1v) is 10.9. The summed E-state index contributed by atoms with van der Waals surface area (Å²) in [5.41, 5.74) is 1.70. The average Bonchev–Trinajstić information content (AvgIpc) is 2.75. The summed E-state index contributed by atoms with van der Waals surface area (Å²) in [6.45, 7) is 0. The molecule has 2 aromatic carbocycles. The first-order valence-electron chi connectivity index (χ1n) is 9.52. The Morgan fingerprint density at radius 3 is 2.71 bits per heavy atom. The van der Waals surface area contributed by atoms with Crippen molar-refractivity contribution in [1.29, 1.82) is 0 Å². The summed E-state index contributed by atoms with van der Waals surface area (Å²) in [5, 5.41) is 13.8. The van der Waals surface area contributed by atoms with Gasteiger partial charge in [0, 0.05) is 41.8 Å². The largest absolute Gasteiger partial charge is 0.508 e. The van der Waals surface area contributed by atoms with Gasteiger partial charge in [-0.25, -0.2) is 0 Å². The van der Waals surface area contributed by atoms with Crippen LogP contribution in [0.5, 0.6) is 11.5 Å². The van der Waals surface area contributed by atoms with Crippen LogP contribution < -0.4 is 15.6 Å². The average molecular weight is 458 g/mol. The van der Waals surface area contributed by atoms with E-state index in [2.05, 4.69) is 10.3 Å². The van der Waals surface area contributed by atoms with Gasteiger partial charge < -0.3 is 19.7 Å². The molecule has 1 aliphatic rings. The molecule has 7 nitrogen and oxygen atoms in total. The Balaban J connectivity index is 1.74. The van der Waals surface area contributed by atoms with Gasteiger partial charge in [-0.05, 0) is 23.8 Å². The first kappa shape index (κ1) is 21.3. The van der Waals surface area contributed by atoms with E-state index in [1.807, 2.05) is 24.3 Å².